The van der Waals surface area contributed by atoms with Crippen LogP contribution < -0.4 is 26.8 Å². The Kier molecular flexibility index (Phi) is 7.02. The van der Waals surface area contributed by atoms with Crippen LogP contribution in [0.4, 0.5) is 5.69 Å². The molecule has 2 aromatic carbocycles. The van der Waals surface area contributed by atoms with Gasteiger partial charge >= 0.3 is 5.69 Å². The number of aromatic nitrogens is 2. The van der Waals surface area contributed by atoms with Gasteiger partial charge < -0.3 is 26.1 Å². The van der Waals surface area contributed by atoms with Gasteiger partial charge in [0.25, 0.3) is 5.91 Å². The number of ether oxygens (including phenoxy) is 1. The van der Waals surface area contributed by atoms with Crippen molar-refractivity contribution in [2.75, 3.05) is 25.5 Å². The summed E-state index contributed by atoms with van der Waals surface area (Å²) in [4.78, 5) is 41.0. The highest BCUT2D eigenvalue weighted by atomic mass is 16.5. The van der Waals surface area contributed by atoms with Gasteiger partial charge in [-0.05, 0) is 56.4 Å². The Balaban J connectivity index is 1.46. The van der Waals surface area contributed by atoms with Gasteiger partial charge in [0.05, 0.1) is 23.7 Å². The Morgan fingerprint density at radius 2 is 1.94 bits per heavy atom. The van der Waals surface area contributed by atoms with Gasteiger partial charge in [-0.25, -0.2) is 4.79 Å². The summed E-state index contributed by atoms with van der Waals surface area (Å²) in [6, 6.07) is 10.9. The van der Waals surface area contributed by atoms with Crippen molar-refractivity contribution in [1.29, 1.82) is 0 Å². The third kappa shape index (κ3) is 4.70. The van der Waals surface area contributed by atoms with Gasteiger partial charge in [-0.15, -0.1) is 0 Å². The molecule has 4 rings (SSSR count). The van der Waals surface area contributed by atoms with E-state index in [4.69, 9.17) is 10.5 Å². The van der Waals surface area contributed by atoms with Gasteiger partial charge in [0.1, 0.15) is 5.75 Å². The predicted molar refractivity (Wildman–Crippen MR) is 131 cm³/mol. The van der Waals surface area contributed by atoms with Crippen LogP contribution in [-0.2, 0) is 4.79 Å². The highest BCUT2D eigenvalue weighted by Crippen LogP contribution is 2.34. The van der Waals surface area contributed by atoms with Crippen molar-refractivity contribution in [1.82, 2.24) is 14.9 Å². The van der Waals surface area contributed by atoms with E-state index in [-0.39, 0.29) is 29.5 Å². The maximum atomic E-state index is 12.9. The molecule has 1 aromatic heterocycles. The monoisotopic (exact) mass is 465 g/mol. The Morgan fingerprint density at radius 1 is 1.18 bits per heavy atom. The Morgan fingerprint density at radius 3 is 2.65 bits per heavy atom. The lowest BCUT2D eigenvalue weighted by atomic mass is 9.85. The van der Waals surface area contributed by atoms with E-state index in [1.807, 2.05) is 31.2 Å². The molecule has 0 saturated heterocycles. The maximum absolute atomic E-state index is 12.9. The highest BCUT2D eigenvalue weighted by molar-refractivity contribution is 6.04. The minimum Gasteiger partial charge on any atom is -0.496 e. The molecule has 1 fully saturated rings. The fourth-order valence-corrected chi connectivity index (χ4v) is 4.72. The second kappa shape index (κ2) is 10.1. The standard InChI is InChI=1S/C25H31N5O4/c1-15-6-9-17(14-21(15)34-2)28-23(31)16-7-10-18(11-8-16)30-20-5-3-4-19(22(20)29-25(30)33)24(32)27-13-12-26/h3-6,9,14,16,18H,7-8,10-13,26H2,1-2H3,(H,27,32)(H,28,31)(H,29,33)/t16-,18+. The zero-order chi connectivity index (χ0) is 24.2. The van der Waals surface area contributed by atoms with Crippen LogP contribution in [-0.4, -0.2) is 41.6 Å². The van der Waals surface area contributed by atoms with Crippen LogP contribution in [0.15, 0.2) is 41.2 Å². The number of amides is 2. The van der Waals surface area contributed by atoms with Gasteiger partial charge in [-0.2, -0.15) is 0 Å². The van der Waals surface area contributed by atoms with E-state index in [2.05, 4.69) is 15.6 Å². The van der Waals surface area contributed by atoms with E-state index < -0.39 is 0 Å². The van der Waals surface area contributed by atoms with Crippen LogP contribution in [0.3, 0.4) is 0 Å². The zero-order valence-corrected chi connectivity index (χ0v) is 19.5. The third-order valence-corrected chi connectivity index (χ3v) is 6.54. The smallest absolute Gasteiger partial charge is 0.326 e. The molecule has 1 heterocycles. The number of rotatable bonds is 7. The number of carbonyl (C=O) groups excluding carboxylic acids is 2. The molecule has 9 nitrogen and oxygen atoms in total. The molecule has 0 unspecified atom stereocenters. The molecule has 1 aliphatic rings. The van der Waals surface area contributed by atoms with E-state index in [1.165, 1.54) is 0 Å². The third-order valence-electron chi connectivity index (χ3n) is 6.54. The van der Waals surface area contributed by atoms with Crippen LogP contribution in [0.5, 0.6) is 5.75 Å². The van der Waals surface area contributed by atoms with Crippen molar-refractivity contribution in [3.8, 4) is 5.75 Å². The number of hydrogen-bond acceptors (Lipinski definition) is 5. The molecule has 1 aliphatic carbocycles. The van der Waals surface area contributed by atoms with Gasteiger partial charge in [0, 0.05) is 36.8 Å². The van der Waals surface area contributed by atoms with Crippen LogP contribution in [0, 0.1) is 12.8 Å². The molecule has 0 bridgehead atoms. The summed E-state index contributed by atoms with van der Waals surface area (Å²) in [5.74, 6) is 0.324. The lowest BCUT2D eigenvalue weighted by Gasteiger charge is -2.28. The first-order valence-corrected chi connectivity index (χ1v) is 11.6. The first-order chi connectivity index (χ1) is 16.4. The van der Waals surface area contributed by atoms with E-state index >= 15 is 0 Å². The summed E-state index contributed by atoms with van der Waals surface area (Å²) in [6.07, 6.45) is 2.75. The Bertz CT molecular complexity index is 1250. The van der Waals surface area contributed by atoms with Crippen LogP contribution in [0.1, 0.15) is 47.6 Å². The molecule has 1 saturated carbocycles. The topological polar surface area (TPSA) is 131 Å². The number of carbonyl (C=O) groups is 2. The number of anilines is 1. The normalized spacial score (nSPS) is 18.0. The van der Waals surface area contributed by atoms with Crippen molar-refractivity contribution in [3.05, 3.63) is 58.0 Å². The van der Waals surface area contributed by atoms with Crippen LogP contribution in [0.25, 0.3) is 11.0 Å². The number of methoxy groups -OCH3 is 1. The van der Waals surface area contributed by atoms with Gasteiger partial charge in [0.2, 0.25) is 5.91 Å². The number of fused-ring (bicyclic) bond motifs is 1. The van der Waals surface area contributed by atoms with Crippen molar-refractivity contribution < 1.29 is 14.3 Å². The van der Waals surface area contributed by atoms with Crippen LogP contribution in [0.2, 0.25) is 0 Å². The quantitative estimate of drug-likeness (QED) is 0.426. The Labute approximate surface area is 197 Å². The molecule has 0 radical (unpaired) electrons. The number of aryl methyl sites for hydroxylation is 1. The lowest BCUT2D eigenvalue weighted by molar-refractivity contribution is -0.121. The largest absolute Gasteiger partial charge is 0.496 e. The summed E-state index contributed by atoms with van der Waals surface area (Å²) in [5.41, 5.74) is 8.59. The fraction of sp³-hybridized carbons (Fsp3) is 0.400. The number of para-hydroxylation sites is 1. The number of nitrogens with zero attached hydrogens (tertiary/aromatic N) is 1. The van der Waals surface area contributed by atoms with Gasteiger partial charge in [0.15, 0.2) is 0 Å². The summed E-state index contributed by atoms with van der Waals surface area (Å²) < 4.78 is 7.07. The summed E-state index contributed by atoms with van der Waals surface area (Å²) >= 11 is 0. The highest BCUT2D eigenvalue weighted by Gasteiger charge is 2.29. The molecule has 5 N–H and O–H groups in total. The Hall–Kier alpha value is -3.59. The SMILES string of the molecule is COc1cc(NC(=O)[C@H]2CC[C@@H](n3c(=O)[nH]c4c(C(=O)NCCN)cccc43)CC2)ccc1C. The number of hydrogen-bond donors (Lipinski definition) is 4. The minimum atomic E-state index is -0.266. The number of H-pyrrole nitrogens is 1. The molecule has 9 heteroatoms. The zero-order valence-electron chi connectivity index (χ0n) is 19.5. The molecule has 0 atom stereocenters. The van der Waals surface area contributed by atoms with Gasteiger partial charge in [-0.1, -0.05) is 12.1 Å². The van der Waals surface area contributed by atoms with Crippen molar-refractivity contribution >= 4 is 28.5 Å². The second-order valence-electron chi connectivity index (χ2n) is 8.72. The van der Waals surface area contributed by atoms with Gasteiger partial charge in [-0.3, -0.25) is 14.2 Å². The first-order valence-electron chi connectivity index (χ1n) is 11.6. The second-order valence-corrected chi connectivity index (χ2v) is 8.72. The minimum absolute atomic E-state index is 0.0190. The molecular formula is C25H31N5O4. The molecule has 180 valence electrons. The molecule has 3 aromatic rings. The number of aromatic amines is 1. The average molecular weight is 466 g/mol. The number of nitrogens with two attached hydrogens (primary N) is 1. The van der Waals surface area contributed by atoms with E-state index in [9.17, 15) is 14.4 Å². The molecule has 2 amide bonds. The summed E-state index contributed by atoms with van der Waals surface area (Å²) in [6.45, 7) is 2.66. The van der Waals surface area contributed by atoms with E-state index in [0.29, 0.717) is 61.1 Å². The molecule has 0 spiro atoms. The lowest BCUT2D eigenvalue weighted by Crippen LogP contribution is -2.31. The first kappa shape index (κ1) is 23.6. The molecule has 34 heavy (non-hydrogen) atoms. The molecule has 0 aliphatic heterocycles. The van der Waals surface area contributed by atoms with E-state index in [0.717, 1.165) is 11.3 Å². The summed E-state index contributed by atoms with van der Waals surface area (Å²) in [5, 5.41) is 5.74. The average Bonchev–Trinajstić information content (AvgIpc) is 3.19. The number of benzene rings is 2. The maximum Gasteiger partial charge on any atom is 0.326 e. The number of nitrogens with one attached hydrogen (secondary N) is 3. The fourth-order valence-electron chi connectivity index (χ4n) is 4.72. The summed E-state index contributed by atoms with van der Waals surface area (Å²) in [7, 11) is 1.61. The molecular weight excluding hydrogens is 434 g/mol. The van der Waals surface area contributed by atoms with Crippen molar-refractivity contribution in [2.24, 2.45) is 11.7 Å². The predicted octanol–water partition coefficient (Wildman–Crippen LogP) is 2.71. The van der Waals surface area contributed by atoms with E-state index in [1.54, 1.807) is 23.8 Å². The van der Waals surface area contributed by atoms with Crippen LogP contribution >= 0.6 is 0 Å². The van der Waals surface area contributed by atoms with Crippen molar-refractivity contribution in [2.45, 2.75) is 38.6 Å². The van der Waals surface area contributed by atoms with Crippen molar-refractivity contribution in [3.63, 3.8) is 0 Å². The number of imidazole rings is 1.